The number of hydrogen-bond donors (Lipinski definition) is 0. The van der Waals surface area contributed by atoms with Crippen LogP contribution in [0.25, 0.3) is 17.6 Å². The third kappa shape index (κ3) is 3.96. The van der Waals surface area contributed by atoms with Crippen LogP contribution in [0.1, 0.15) is 18.7 Å². The van der Waals surface area contributed by atoms with Gasteiger partial charge in [-0.15, -0.1) is 0 Å². The van der Waals surface area contributed by atoms with Crippen LogP contribution >= 0.6 is 0 Å². The van der Waals surface area contributed by atoms with Gasteiger partial charge >= 0.3 is 0 Å². The molecule has 1 aliphatic rings. The van der Waals surface area contributed by atoms with Crippen LogP contribution in [0.2, 0.25) is 0 Å². The van der Waals surface area contributed by atoms with Crippen LogP contribution in [0.4, 0.5) is 0 Å². The van der Waals surface area contributed by atoms with E-state index in [2.05, 4.69) is 15.1 Å². The summed E-state index contributed by atoms with van der Waals surface area (Å²) in [7, 11) is 0. The maximum absolute atomic E-state index is 5.73. The Labute approximate surface area is 122 Å². The highest BCUT2D eigenvalue weighted by Crippen LogP contribution is 2.13. The molecule has 3 heterocycles. The molecule has 0 aliphatic carbocycles. The maximum atomic E-state index is 5.73. The molecule has 0 spiro atoms. The minimum absolute atomic E-state index is 0.287. The first-order chi connectivity index (χ1) is 10.4. The molecular formula is C15H17N3O3. The van der Waals surface area contributed by atoms with Crippen LogP contribution in [0, 0.1) is 0 Å². The molecule has 0 aromatic carbocycles. The topological polar surface area (TPSA) is 70.3 Å². The highest BCUT2D eigenvalue weighted by atomic mass is 16.5. The summed E-state index contributed by atoms with van der Waals surface area (Å²) in [5.41, 5.74) is 0.694. The lowest BCUT2D eigenvalue weighted by atomic mass is 10.2. The molecule has 0 bridgehead atoms. The molecule has 6 nitrogen and oxygen atoms in total. The zero-order valence-electron chi connectivity index (χ0n) is 11.6. The molecular weight excluding hydrogens is 270 g/mol. The fourth-order valence-electron chi connectivity index (χ4n) is 2.09. The van der Waals surface area contributed by atoms with Crippen molar-refractivity contribution in [1.82, 2.24) is 15.1 Å². The second-order valence-corrected chi connectivity index (χ2v) is 4.72. The number of aromatic nitrogens is 3. The minimum atomic E-state index is 0.287. The maximum Gasteiger partial charge on any atom is 0.250 e. The Morgan fingerprint density at radius 1 is 1.29 bits per heavy atom. The second kappa shape index (κ2) is 7.10. The van der Waals surface area contributed by atoms with Gasteiger partial charge in [-0.05, 0) is 25.0 Å². The number of pyridine rings is 1. The number of ether oxygens (including phenoxy) is 2. The van der Waals surface area contributed by atoms with Crippen molar-refractivity contribution in [3.63, 3.8) is 0 Å². The van der Waals surface area contributed by atoms with Crippen LogP contribution in [0.5, 0.6) is 0 Å². The van der Waals surface area contributed by atoms with Crippen molar-refractivity contribution in [2.45, 2.75) is 18.9 Å². The molecule has 0 saturated carbocycles. The van der Waals surface area contributed by atoms with Gasteiger partial charge in [0.2, 0.25) is 5.82 Å². The van der Waals surface area contributed by atoms with E-state index in [4.69, 9.17) is 14.0 Å². The minimum Gasteiger partial charge on any atom is -0.381 e. The van der Waals surface area contributed by atoms with Crippen molar-refractivity contribution in [3.05, 3.63) is 36.4 Å². The van der Waals surface area contributed by atoms with E-state index in [1.807, 2.05) is 24.3 Å². The van der Waals surface area contributed by atoms with Gasteiger partial charge in [-0.25, -0.2) is 0 Å². The molecule has 0 amide bonds. The van der Waals surface area contributed by atoms with Gasteiger partial charge in [0.05, 0.1) is 12.7 Å². The average Bonchev–Trinajstić information content (AvgIpc) is 3.02. The SMILES string of the molecule is C(=Cc1nc(-c2ccccn2)no1)COC1CCOCC1. The fourth-order valence-corrected chi connectivity index (χ4v) is 2.09. The summed E-state index contributed by atoms with van der Waals surface area (Å²) < 4.78 is 16.2. The highest BCUT2D eigenvalue weighted by molar-refractivity contribution is 5.50. The van der Waals surface area contributed by atoms with Gasteiger partial charge in [0.25, 0.3) is 5.89 Å². The molecule has 2 aromatic heterocycles. The molecule has 0 radical (unpaired) electrons. The van der Waals surface area contributed by atoms with Crippen molar-refractivity contribution in [2.24, 2.45) is 0 Å². The lowest BCUT2D eigenvalue weighted by molar-refractivity contribution is -0.0221. The third-order valence-corrected chi connectivity index (χ3v) is 3.19. The molecule has 3 rings (SSSR count). The predicted molar refractivity (Wildman–Crippen MR) is 76.4 cm³/mol. The lowest BCUT2D eigenvalue weighted by Gasteiger charge is -2.21. The van der Waals surface area contributed by atoms with Crippen molar-refractivity contribution < 1.29 is 14.0 Å². The summed E-state index contributed by atoms with van der Waals surface area (Å²) >= 11 is 0. The van der Waals surface area contributed by atoms with Gasteiger partial charge in [0.15, 0.2) is 0 Å². The second-order valence-electron chi connectivity index (χ2n) is 4.72. The summed E-state index contributed by atoms with van der Waals surface area (Å²) in [6.07, 6.45) is 7.54. The smallest absolute Gasteiger partial charge is 0.250 e. The molecule has 6 heteroatoms. The molecule has 0 N–H and O–H groups in total. The molecule has 1 saturated heterocycles. The van der Waals surface area contributed by atoms with E-state index in [9.17, 15) is 0 Å². The van der Waals surface area contributed by atoms with E-state index < -0.39 is 0 Å². The first kappa shape index (κ1) is 13.9. The molecule has 110 valence electrons. The Morgan fingerprint density at radius 3 is 3.00 bits per heavy atom. The summed E-state index contributed by atoms with van der Waals surface area (Å²) in [6, 6.07) is 5.57. The Bertz CT molecular complexity index is 577. The van der Waals surface area contributed by atoms with Crippen LogP contribution in [-0.2, 0) is 9.47 Å². The van der Waals surface area contributed by atoms with Crippen LogP contribution in [0.15, 0.2) is 35.0 Å². The summed E-state index contributed by atoms with van der Waals surface area (Å²) in [5.74, 6) is 0.937. The zero-order chi connectivity index (χ0) is 14.3. The number of nitrogens with zero attached hydrogens (tertiary/aromatic N) is 3. The van der Waals surface area contributed by atoms with Gasteiger partial charge in [0, 0.05) is 25.5 Å². The van der Waals surface area contributed by atoms with E-state index in [1.54, 1.807) is 12.3 Å². The molecule has 1 aliphatic heterocycles. The fraction of sp³-hybridized carbons (Fsp3) is 0.400. The van der Waals surface area contributed by atoms with Crippen LogP contribution in [-0.4, -0.2) is 41.0 Å². The number of rotatable bonds is 5. The van der Waals surface area contributed by atoms with E-state index in [0.29, 0.717) is 24.0 Å². The predicted octanol–water partition coefficient (Wildman–Crippen LogP) is 2.34. The number of hydrogen-bond acceptors (Lipinski definition) is 6. The highest BCUT2D eigenvalue weighted by Gasteiger charge is 2.13. The standard InChI is InChI=1S/C15H17N3O3/c1-2-8-16-13(4-1)15-17-14(21-18-15)5-3-9-20-12-6-10-19-11-7-12/h1-5,8,12H,6-7,9-11H2. The molecule has 0 unspecified atom stereocenters. The largest absolute Gasteiger partial charge is 0.381 e. The average molecular weight is 287 g/mol. The monoisotopic (exact) mass is 287 g/mol. The van der Waals surface area contributed by atoms with E-state index in [0.717, 1.165) is 26.1 Å². The normalized spacial score (nSPS) is 16.6. The Morgan fingerprint density at radius 2 is 2.19 bits per heavy atom. The van der Waals surface area contributed by atoms with Gasteiger partial charge in [0.1, 0.15) is 5.69 Å². The molecule has 2 aromatic rings. The zero-order valence-corrected chi connectivity index (χ0v) is 11.6. The van der Waals surface area contributed by atoms with Crippen molar-refractivity contribution in [3.8, 4) is 11.5 Å². The van der Waals surface area contributed by atoms with Crippen molar-refractivity contribution >= 4 is 6.08 Å². The molecule has 1 fully saturated rings. The van der Waals surface area contributed by atoms with Crippen molar-refractivity contribution in [1.29, 1.82) is 0 Å². The third-order valence-electron chi connectivity index (χ3n) is 3.19. The summed E-state index contributed by atoms with van der Waals surface area (Å²) in [6.45, 7) is 2.10. The van der Waals surface area contributed by atoms with E-state index in [1.165, 1.54) is 0 Å². The van der Waals surface area contributed by atoms with Gasteiger partial charge < -0.3 is 14.0 Å². The van der Waals surface area contributed by atoms with E-state index >= 15 is 0 Å². The van der Waals surface area contributed by atoms with Crippen LogP contribution in [0.3, 0.4) is 0 Å². The van der Waals surface area contributed by atoms with Crippen molar-refractivity contribution in [2.75, 3.05) is 19.8 Å². The Hall–Kier alpha value is -2.05. The van der Waals surface area contributed by atoms with Crippen LogP contribution < -0.4 is 0 Å². The Kier molecular flexibility index (Phi) is 4.70. The Balaban J connectivity index is 1.51. The quantitative estimate of drug-likeness (QED) is 0.840. The summed E-state index contributed by atoms with van der Waals surface area (Å²) in [5, 5.41) is 3.90. The lowest BCUT2D eigenvalue weighted by Crippen LogP contribution is -2.23. The van der Waals surface area contributed by atoms with Gasteiger partial charge in [-0.3, -0.25) is 4.98 Å². The summed E-state index contributed by atoms with van der Waals surface area (Å²) in [4.78, 5) is 8.44. The molecule has 0 atom stereocenters. The first-order valence-electron chi connectivity index (χ1n) is 7.03. The van der Waals surface area contributed by atoms with Gasteiger partial charge in [-0.2, -0.15) is 4.98 Å². The first-order valence-corrected chi connectivity index (χ1v) is 7.03. The molecule has 21 heavy (non-hydrogen) atoms. The van der Waals surface area contributed by atoms with E-state index in [-0.39, 0.29) is 6.10 Å². The van der Waals surface area contributed by atoms with Gasteiger partial charge in [-0.1, -0.05) is 17.3 Å².